The molecule has 210 valence electrons. The van der Waals surface area contributed by atoms with Crippen LogP contribution in [0.25, 0.3) is 22.6 Å². The summed E-state index contributed by atoms with van der Waals surface area (Å²) in [7, 11) is 1.82. The summed E-state index contributed by atoms with van der Waals surface area (Å²) in [5, 5.41) is 11.4. The van der Waals surface area contributed by atoms with E-state index in [4.69, 9.17) is 14.0 Å². The number of carbonyl (C=O) groups is 1. The molecule has 0 aliphatic rings. The molecule has 8 nitrogen and oxygen atoms in total. The summed E-state index contributed by atoms with van der Waals surface area (Å²) >= 11 is 0. The lowest BCUT2D eigenvalue weighted by Crippen LogP contribution is -2.23. The minimum atomic E-state index is -0.322. The van der Waals surface area contributed by atoms with Crippen LogP contribution in [0, 0.1) is 0 Å². The molecule has 0 saturated carbocycles. The van der Waals surface area contributed by atoms with E-state index in [0.717, 1.165) is 22.4 Å². The summed E-state index contributed by atoms with van der Waals surface area (Å²) in [6, 6.07) is 25.8. The van der Waals surface area contributed by atoms with Gasteiger partial charge in [-0.2, -0.15) is 5.10 Å². The van der Waals surface area contributed by atoms with Crippen molar-refractivity contribution in [3.8, 4) is 34.1 Å². The topological polar surface area (TPSA) is 91.4 Å². The van der Waals surface area contributed by atoms with Gasteiger partial charge in [0.05, 0.1) is 16.8 Å². The van der Waals surface area contributed by atoms with Crippen molar-refractivity contribution in [2.24, 2.45) is 7.05 Å². The SMILES string of the molecule is CCNC(=O)c1noc(-c2cc(C(C)C)c(OCc3ccccc3)cc2OCc2ccccc2)c1-c1ccnn1C. The first-order valence-electron chi connectivity index (χ1n) is 13.7. The number of hydrogen-bond acceptors (Lipinski definition) is 6. The van der Waals surface area contributed by atoms with Crippen molar-refractivity contribution in [1.82, 2.24) is 20.3 Å². The summed E-state index contributed by atoms with van der Waals surface area (Å²) in [5.41, 5.74) is 5.19. The number of carbonyl (C=O) groups excluding carboxylic acids is 1. The van der Waals surface area contributed by atoms with Gasteiger partial charge in [-0.05, 0) is 41.7 Å². The van der Waals surface area contributed by atoms with E-state index < -0.39 is 0 Å². The van der Waals surface area contributed by atoms with Gasteiger partial charge in [0, 0.05) is 25.9 Å². The highest BCUT2D eigenvalue weighted by atomic mass is 16.5. The first-order valence-corrected chi connectivity index (χ1v) is 13.7. The maximum absolute atomic E-state index is 13.0. The molecule has 5 rings (SSSR count). The van der Waals surface area contributed by atoms with Gasteiger partial charge >= 0.3 is 0 Å². The highest BCUT2D eigenvalue weighted by Gasteiger charge is 2.29. The summed E-state index contributed by atoms with van der Waals surface area (Å²) < 4.78 is 20.4. The number of amides is 1. The van der Waals surface area contributed by atoms with E-state index in [1.165, 1.54) is 0 Å². The molecular formula is C33H34N4O4. The summed E-state index contributed by atoms with van der Waals surface area (Å²) in [4.78, 5) is 13.0. The van der Waals surface area contributed by atoms with E-state index in [0.29, 0.717) is 48.1 Å². The van der Waals surface area contributed by atoms with Crippen LogP contribution in [0.1, 0.15) is 53.9 Å². The van der Waals surface area contributed by atoms with Gasteiger partial charge in [-0.3, -0.25) is 9.48 Å². The van der Waals surface area contributed by atoms with Crippen molar-refractivity contribution in [2.45, 2.75) is 39.9 Å². The molecule has 2 aromatic heterocycles. The predicted molar refractivity (Wildman–Crippen MR) is 158 cm³/mol. The second kappa shape index (κ2) is 12.6. The number of ether oxygens (including phenoxy) is 2. The molecule has 3 aromatic carbocycles. The van der Waals surface area contributed by atoms with Crippen LogP contribution in [0.15, 0.2) is 89.6 Å². The first kappa shape index (κ1) is 27.7. The van der Waals surface area contributed by atoms with Gasteiger partial charge in [-0.25, -0.2) is 0 Å². The fourth-order valence-electron chi connectivity index (χ4n) is 4.65. The lowest BCUT2D eigenvalue weighted by Gasteiger charge is -2.19. The molecule has 1 N–H and O–H groups in total. The Bertz CT molecular complexity index is 1610. The van der Waals surface area contributed by atoms with Crippen molar-refractivity contribution >= 4 is 5.91 Å². The highest BCUT2D eigenvalue weighted by molar-refractivity contribution is 6.02. The number of aromatic nitrogens is 3. The van der Waals surface area contributed by atoms with Crippen LogP contribution >= 0.6 is 0 Å². The Hall–Kier alpha value is -4.85. The number of nitrogens with one attached hydrogen (secondary N) is 1. The Labute approximate surface area is 239 Å². The second-order valence-corrected chi connectivity index (χ2v) is 10.0. The van der Waals surface area contributed by atoms with Crippen LogP contribution in [0.4, 0.5) is 0 Å². The number of aryl methyl sites for hydroxylation is 1. The van der Waals surface area contributed by atoms with E-state index in [1.54, 1.807) is 10.9 Å². The third-order valence-electron chi connectivity index (χ3n) is 6.77. The number of nitrogens with zero attached hydrogens (tertiary/aromatic N) is 3. The average Bonchev–Trinajstić information content (AvgIpc) is 3.61. The van der Waals surface area contributed by atoms with Gasteiger partial charge in [-0.15, -0.1) is 0 Å². The smallest absolute Gasteiger partial charge is 0.274 e. The normalized spacial score (nSPS) is 11.0. The zero-order valence-electron chi connectivity index (χ0n) is 23.8. The van der Waals surface area contributed by atoms with Gasteiger partial charge in [-0.1, -0.05) is 79.7 Å². The molecule has 0 unspecified atom stereocenters. The predicted octanol–water partition coefficient (Wildman–Crippen LogP) is 6.77. The monoisotopic (exact) mass is 550 g/mol. The molecule has 1 amide bonds. The molecule has 0 fully saturated rings. The lowest BCUT2D eigenvalue weighted by molar-refractivity contribution is 0.0947. The van der Waals surface area contributed by atoms with Gasteiger partial charge < -0.3 is 19.3 Å². The maximum atomic E-state index is 13.0. The zero-order valence-corrected chi connectivity index (χ0v) is 23.8. The van der Waals surface area contributed by atoms with Crippen LogP contribution in [0.5, 0.6) is 11.5 Å². The highest BCUT2D eigenvalue weighted by Crippen LogP contribution is 2.44. The van der Waals surface area contributed by atoms with Crippen molar-refractivity contribution in [2.75, 3.05) is 6.54 Å². The van der Waals surface area contributed by atoms with Gasteiger partial charge in [0.2, 0.25) is 0 Å². The molecule has 8 heteroatoms. The Morgan fingerprint density at radius 2 is 1.56 bits per heavy atom. The quantitative estimate of drug-likeness (QED) is 0.195. The van der Waals surface area contributed by atoms with Crippen LogP contribution in [0.2, 0.25) is 0 Å². The van der Waals surface area contributed by atoms with Crippen LogP contribution in [0.3, 0.4) is 0 Å². The molecule has 41 heavy (non-hydrogen) atoms. The van der Waals surface area contributed by atoms with E-state index in [2.05, 4.69) is 29.4 Å². The van der Waals surface area contributed by atoms with E-state index in [1.807, 2.05) is 92.8 Å². The minimum absolute atomic E-state index is 0.133. The fraction of sp³-hybridized carbons (Fsp3) is 0.242. The molecule has 0 bridgehead atoms. The van der Waals surface area contributed by atoms with E-state index in [-0.39, 0.29) is 17.5 Å². The van der Waals surface area contributed by atoms with Crippen LogP contribution in [-0.2, 0) is 20.3 Å². The third kappa shape index (κ3) is 6.17. The third-order valence-corrected chi connectivity index (χ3v) is 6.77. The summed E-state index contributed by atoms with van der Waals surface area (Å²) in [5.74, 6) is 1.52. The molecule has 0 saturated heterocycles. The molecule has 5 aromatic rings. The summed E-state index contributed by atoms with van der Waals surface area (Å²) in [6.45, 7) is 7.31. The molecule has 0 spiro atoms. The minimum Gasteiger partial charge on any atom is -0.488 e. The molecule has 2 heterocycles. The van der Waals surface area contributed by atoms with Gasteiger partial charge in [0.25, 0.3) is 5.91 Å². The van der Waals surface area contributed by atoms with Crippen molar-refractivity contribution < 1.29 is 18.8 Å². The summed E-state index contributed by atoms with van der Waals surface area (Å²) in [6.07, 6.45) is 1.68. The molecule has 0 aliphatic heterocycles. The lowest BCUT2D eigenvalue weighted by atomic mass is 9.95. The van der Waals surface area contributed by atoms with Crippen LogP contribution in [-0.4, -0.2) is 27.4 Å². The Morgan fingerprint density at radius 1 is 0.927 bits per heavy atom. The first-order chi connectivity index (χ1) is 20.0. The van der Waals surface area contributed by atoms with E-state index in [9.17, 15) is 4.79 Å². The Balaban J connectivity index is 1.65. The second-order valence-electron chi connectivity index (χ2n) is 10.0. The zero-order chi connectivity index (χ0) is 28.8. The largest absolute Gasteiger partial charge is 0.488 e. The van der Waals surface area contributed by atoms with Gasteiger partial charge in [0.15, 0.2) is 11.5 Å². The molecular weight excluding hydrogens is 516 g/mol. The number of hydrogen-bond donors (Lipinski definition) is 1. The maximum Gasteiger partial charge on any atom is 0.274 e. The standard InChI is InChI=1S/C33H34N4O4/c1-5-34-33(38)31-30(27-16-17-35-37(27)4)32(41-36-31)26-18-25(22(2)3)28(39-20-23-12-8-6-9-13-23)19-29(26)40-21-24-14-10-7-11-15-24/h6-19,22H,5,20-21H2,1-4H3,(H,34,38). The van der Waals surface area contributed by atoms with Gasteiger partial charge in [0.1, 0.15) is 24.7 Å². The molecule has 0 atom stereocenters. The van der Waals surface area contributed by atoms with Crippen molar-refractivity contribution in [1.29, 1.82) is 0 Å². The molecule has 0 radical (unpaired) electrons. The number of benzene rings is 3. The Kier molecular flexibility index (Phi) is 8.48. The van der Waals surface area contributed by atoms with E-state index >= 15 is 0 Å². The Morgan fingerprint density at radius 3 is 2.12 bits per heavy atom. The number of rotatable bonds is 11. The van der Waals surface area contributed by atoms with Crippen LogP contribution < -0.4 is 14.8 Å². The van der Waals surface area contributed by atoms with Crippen molar-refractivity contribution in [3.05, 3.63) is 107 Å². The molecule has 0 aliphatic carbocycles. The average molecular weight is 551 g/mol. The van der Waals surface area contributed by atoms with Crippen molar-refractivity contribution in [3.63, 3.8) is 0 Å². The fourth-order valence-corrected chi connectivity index (χ4v) is 4.65.